The van der Waals surface area contributed by atoms with Gasteiger partial charge in [-0.1, -0.05) is 6.07 Å². The quantitative estimate of drug-likeness (QED) is 0.570. The number of carbonyl (C=O) groups excluding carboxylic acids is 2. The van der Waals surface area contributed by atoms with Crippen LogP contribution < -0.4 is 14.8 Å². The highest BCUT2D eigenvalue weighted by atomic mass is 32.2. The van der Waals surface area contributed by atoms with Gasteiger partial charge >= 0.3 is 5.97 Å². The lowest BCUT2D eigenvalue weighted by Gasteiger charge is -2.16. The van der Waals surface area contributed by atoms with Gasteiger partial charge < -0.3 is 19.5 Å². The van der Waals surface area contributed by atoms with Gasteiger partial charge in [0.15, 0.2) is 18.1 Å². The smallest absolute Gasteiger partial charge is 0.338 e. The Morgan fingerprint density at radius 1 is 1.06 bits per heavy atom. The van der Waals surface area contributed by atoms with Gasteiger partial charge in [-0.3, -0.25) is 4.79 Å². The largest absolute Gasteiger partial charge is 0.493 e. The van der Waals surface area contributed by atoms with Crippen LogP contribution in [0.4, 0.5) is 5.69 Å². The van der Waals surface area contributed by atoms with Crippen LogP contribution >= 0.6 is 0 Å². The number of esters is 1. The predicted octanol–water partition coefficient (Wildman–Crippen LogP) is 2.67. The summed E-state index contributed by atoms with van der Waals surface area (Å²) in [5.41, 5.74) is 0.505. The number of carbonyl (C=O) groups is 2. The maximum Gasteiger partial charge on any atom is 0.338 e. The predicted molar refractivity (Wildman–Crippen MR) is 118 cm³/mol. The highest BCUT2D eigenvalue weighted by Gasteiger charge is 2.27. The number of ether oxygens (including phenoxy) is 3. The van der Waals surface area contributed by atoms with E-state index in [1.807, 2.05) is 6.92 Å². The number of hydrogen-bond acceptors (Lipinski definition) is 7. The summed E-state index contributed by atoms with van der Waals surface area (Å²) in [4.78, 5) is 24.6. The SMILES string of the molecule is CCOc1ccc(C(=O)OCC(=O)Nc2cccc(S(=O)(=O)N3CCCC3)c2)cc1OC. The maximum absolute atomic E-state index is 12.7. The first-order valence-electron chi connectivity index (χ1n) is 10.2. The molecule has 2 aromatic carbocycles. The number of benzene rings is 2. The number of methoxy groups -OCH3 is 1. The zero-order valence-corrected chi connectivity index (χ0v) is 18.8. The first kappa shape index (κ1) is 23.6. The molecule has 0 bridgehead atoms. The lowest BCUT2D eigenvalue weighted by Crippen LogP contribution is -2.28. The Bertz CT molecular complexity index is 1080. The van der Waals surface area contributed by atoms with Crippen molar-refractivity contribution in [3.05, 3.63) is 48.0 Å². The molecule has 1 aliphatic rings. The number of nitrogens with zero attached hydrogens (tertiary/aromatic N) is 1. The molecule has 1 aliphatic heterocycles. The van der Waals surface area contributed by atoms with Crippen LogP contribution in [-0.4, -0.2) is 58.0 Å². The minimum atomic E-state index is -3.60. The van der Waals surface area contributed by atoms with Crippen LogP contribution in [0.1, 0.15) is 30.1 Å². The summed E-state index contributed by atoms with van der Waals surface area (Å²) in [7, 11) is -2.14. The molecule has 1 fully saturated rings. The number of sulfonamides is 1. The standard InChI is InChI=1S/C22H26N2O7S/c1-3-30-19-10-9-16(13-20(19)29-2)22(26)31-15-21(25)23-17-7-6-8-18(14-17)32(27,28)24-11-4-5-12-24/h6-10,13-14H,3-5,11-12,15H2,1-2H3,(H,23,25). The van der Waals surface area contributed by atoms with E-state index in [0.29, 0.717) is 36.9 Å². The summed E-state index contributed by atoms with van der Waals surface area (Å²) in [6.07, 6.45) is 1.67. The average molecular weight is 463 g/mol. The van der Waals surface area contributed by atoms with Gasteiger partial charge in [-0.2, -0.15) is 4.31 Å². The Hall–Kier alpha value is -3.11. The van der Waals surface area contributed by atoms with Crippen molar-refractivity contribution in [3.8, 4) is 11.5 Å². The molecule has 0 radical (unpaired) electrons. The monoisotopic (exact) mass is 462 g/mol. The molecule has 0 saturated carbocycles. The molecular weight excluding hydrogens is 436 g/mol. The maximum atomic E-state index is 12.7. The van der Waals surface area contributed by atoms with Gasteiger partial charge in [-0.25, -0.2) is 13.2 Å². The van der Waals surface area contributed by atoms with E-state index < -0.39 is 28.5 Å². The fourth-order valence-electron chi connectivity index (χ4n) is 3.29. The van der Waals surface area contributed by atoms with E-state index in [4.69, 9.17) is 14.2 Å². The van der Waals surface area contributed by atoms with E-state index in [0.717, 1.165) is 12.8 Å². The van der Waals surface area contributed by atoms with Crippen molar-refractivity contribution < 1.29 is 32.2 Å². The molecule has 1 saturated heterocycles. The second-order valence-corrected chi connectivity index (χ2v) is 9.00. The Morgan fingerprint density at radius 2 is 1.81 bits per heavy atom. The van der Waals surface area contributed by atoms with E-state index in [9.17, 15) is 18.0 Å². The summed E-state index contributed by atoms with van der Waals surface area (Å²) < 4.78 is 42.5. The molecule has 0 unspecified atom stereocenters. The van der Waals surface area contributed by atoms with Crippen LogP contribution in [0.25, 0.3) is 0 Å². The summed E-state index contributed by atoms with van der Waals surface area (Å²) >= 11 is 0. The Kier molecular flexibility index (Phi) is 7.70. The zero-order valence-electron chi connectivity index (χ0n) is 18.0. The van der Waals surface area contributed by atoms with Crippen molar-refractivity contribution in [1.82, 2.24) is 4.31 Å². The Balaban J connectivity index is 1.60. The fourth-order valence-corrected chi connectivity index (χ4v) is 4.86. The molecule has 32 heavy (non-hydrogen) atoms. The minimum Gasteiger partial charge on any atom is -0.493 e. The molecule has 0 atom stereocenters. The van der Waals surface area contributed by atoms with Crippen LogP contribution in [0.15, 0.2) is 47.4 Å². The topological polar surface area (TPSA) is 111 Å². The number of nitrogens with one attached hydrogen (secondary N) is 1. The van der Waals surface area contributed by atoms with Crippen molar-refractivity contribution in [2.24, 2.45) is 0 Å². The molecule has 2 aromatic rings. The van der Waals surface area contributed by atoms with Crippen molar-refractivity contribution in [2.45, 2.75) is 24.7 Å². The molecule has 1 heterocycles. The van der Waals surface area contributed by atoms with E-state index in [2.05, 4.69) is 5.32 Å². The number of rotatable bonds is 9. The zero-order chi connectivity index (χ0) is 23.1. The Morgan fingerprint density at radius 3 is 2.50 bits per heavy atom. The second-order valence-electron chi connectivity index (χ2n) is 7.06. The first-order chi connectivity index (χ1) is 15.3. The molecular formula is C22H26N2O7S. The van der Waals surface area contributed by atoms with Gasteiger partial charge in [0.25, 0.3) is 5.91 Å². The fraction of sp³-hybridized carbons (Fsp3) is 0.364. The van der Waals surface area contributed by atoms with Crippen molar-refractivity contribution >= 4 is 27.6 Å². The van der Waals surface area contributed by atoms with Crippen LogP contribution in [0.3, 0.4) is 0 Å². The van der Waals surface area contributed by atoms with Crippen LogP contribution in [-0.2, 0) is 19.6 Å². The van der Waals surface area contributed by atoms with Gasteiger partial charge in [-0.15, -0.1) is 0 Å². The first-order valence-corrected chi connectivity index (χ1v) is 11.7. The lowest BCUT2D eigenvalue weighted by atomic mass is 10.2. The summed E-state index contributed by atoms with van der Waals surface area (Å²) in [5, 5.41) is 2.56. The van der Waals surface area contributed by atoms with E-state index in [-0.39, 0.29) is 10.5 Å². The highest BCUT2D eigenvalue weighted by molar-refractivity contribution is 7.89. The third kappa shape index (κ3) is 5.57. The van der Waals surface area contributed by atoms with Gasteiger partial charge in [0.05, 0.1) is 24.2 Å². The summed E-state index contributed by atoms with van der Waals surface area (Å²) in [6.45, 7) is 2.73. The molecule has 0 aromatic heterocycles. The molecule has 3 rings (SSSR count). The van der Waals surface area contributed by atoms with Gasteiger partial charge in [0, 0.05) is 18.8 Å². The van der Waals surface area contributed by atoms with E-state index in [1.165, 1.54) is 35.7 Å². The normalized spacial score (nSPS) is 14.1. The van der Waals surface area contributed by atoms with Crippen LogP contribution in [0.2, 0.25) is 0 Å². The second kappa shape index (κ2) is 10.5. The molecule has 1 N–H and O–H groups in total. The Labute approximate surface area is 187 Å². The number of amides is 1. The van der Waals surface area contributed by atoms with Gasteiger partial charge in [0.1, 0.15) is 0 Å². The third-order valence-corrected chi connectivity index (χ3v) is 6.75. The average Bonchev–Trinajstić information content (AvgIpc) is 3.34. The van der Waals surface area contributed by atoms with Crippen molar-refractivity contribution in [2.75, 3.05) is 38.7 Å². The van der Waals surface area contributed by atoms with E-state index in [1.54, 1.807) is 18.2 Å². The van der Waals surface area contributed by atoms with Gasteiger partial charge in [-0.05, 0) is 56.2 Å². The van der Waals surface area contributed by atoms with Gasteiger partial charge in [0.2, 0.25) is 10.0 Å². The van der Waals surface area contributed by atoms with Crippen molar-refractivity contribution in [1.29, 1.82) is 0 Å². The lowest BCUT2D eigenvalue weighted by molar-refractivity contribution is -0.119. The molecule has 0 aliphatic carbocycles. The van der Waals surface area contributed by atoms with Crippen LogP contribution in [0, 0.1) is 0 Å². The summed E-state index contributed by atoms with van der Waals surface area (Å²) in [5.74, 6) is -0.423. The molecule has 10 heteroatoms. The molecule has 1 amide bonds. The minimum absolute atomic E-state index is 0.107. The number of hydrogen-bond donors (Lipinski definition) is 1. The molecule has 0 spiro atoms. The molecule has 9 nitrogen and oxygen atoms in total. The number of anilines is 1. The van der Waals surface area contributed by atoms with Crippen LogP contribution in [0.5, 0.6) is 11.5 Å². The highest BCUT2D eigenvalue weighted by Crippen LogP contribution is 2.28. The summed E-state index contributed by atoms with van der Waals surface area (Å²) in [6, 6.07) is 10.6. The van der Waals surface area contributed by atoms with E-state index >= 15 is 0 Å². The third-order valence-electron chi connectivity index (χ3n) is 4.85. The molecule has 172 valence electrons. The van der Waals surface area contributed by atoms with Crippen molar-refractivity contribution in [3.63, 3.8) is 0 Å².